The second-order valence-electron chi connectivity index (χ2n) is 3.61. The molecule has 1 heterocycles. The normalized spacial score (nSPS) is 25.2. The highest BCUT2D eigenvalue weighted by Crippen LogP contribution is 2.22. The molecule has 1 saturated heterocycles. The summed E-state index contributed by atoms with van der Waals surface area (Å²) in [7, 11) is 0. The van der Waals surface area contributed by atoms with Gasteiger partial charge >= 0.3 is 6.09 Å². The van der Waals surface area contributed by atoms with E-state index in [0.717, 1.165) is 19.4 Å². The van der Waals surface area contributed by atoms with Crippen molar-refractivity contribution in [1.29, 1.82) is 0 Å². The third-order valence-electron chi connectivity index (χ3n) is 2.58. The molecule has 0 spiro atoms. The monoisotopic (exact) mass is 217 g/mol. The van der Waals surface area contributed by atoms with Crippen LogP contribution in [0.1, 0.15) is 19.8 Å². The predicted octanol–water partition coefficient (Wildman–Crippen LogP) is 0.520. The summed E-state index contributed by atoms with van der Waals surface area (Å²) in [6, 6.07) is 0. The van der Waals surface area contributed by atoms with Crippen molar-refractivity contribution in [1.82, 2.24) is 5.32 Å². The number of amides is 1. The molecule has 0 aliphatic carbocycles. The Hall–Kier alpha value is -0.810. The van der Waals surface area contributed by atoms with E-state index < -0.39 is 6.09 Å². The summed E-state index contributed by atoms with van der Waals surface area (Å²) in [6.07, 6.45) is 1.74. The second-order valence-corrected chi connectivity index (χ2v) is 3.61. The van der Waals surface area contributed by atoms with E-state index in [1.807, 2.05) is 0 Å². The SMILES string of the molecule is CCC1OCCC1CNC(=O)OCCO. The Morgan fingerprint density at radius 3 is 3.13 bits per heavy atom. The lowest BCUT2D eigenvalue weighted by Crippen LogP contribution is -2.33. The first-order valence-corrected chi connectivity index (χ1v) is 5.41. The van der Waals surface area contributed by atoms with Gasteiger partial charge in [-0.1, -0.05) is 6.92 Å². The molecule has 1 aliphatic heterocycles. The van der Waals surface area contributed by atoms with Crippen LogP contribution in [-0.4, -0.2) is 43.7 Å². The molecule has 0 bridgehead atoms. The number of nitrogens with one attached hydrogen (secondary N) is 1. The minimum Gasteiger partial charge on any atom is -0.447 e. The zero-order chi connectivity index (χ0) is 11.1. The van der Waals surface area contributed by atoms with Crippen LogP contribution in [0.2, 0.25) is 0 Å². The van der Waals surface area contributed by atoms with Gasteiger partial charge < -0.3 is 19.9 Å². The van der Waals surface area contributed by atoms with Gasteiger partial charge in [-0.3, -0.25) is 0 Å². The number of carbonyl (C=O) groups is 1. The number of ether oxygens (including phenoxy) is 2. The van der Waals surface area contributed by atoms with Gasteiger partial charge in [0.1, 0.15) is 6.61 Å². The van der Waals surface area contributed by atoms with Crippen LogP contribution in [0.4, 0.5) is 4.79 Å². The van der Waals surface area contributed by atoms with Crippen LogP contribution in [0.15, 0.2) is 0 Å². The maximum atomic E-state index is 11.1. The fraction of sp³-hybridized carbons (Fsp3) is 0.900. The smallest absolute Gasteiger partial charge is 0.407 e. The molecule has 15 heavy (non-hydrogen) atoms. The number of alkyl carbamates (subject to hydrolysis) is 1. The molecule has 2 N–H and O–H groups in total. The summed E-state index contributed by atoms with van der Waals surface area (Å²) in [5, 5.41) is 11.1. The molecule has 2 atom stereocenters. The van der Waals surface area contributed by atoms with Crippen LogP contribution in [-0.2, 0) is 9.47 Å². The Bertz CT molecular complexity index is 198. The lowest BCUT2D eigenvalue weighted by atomic mass is 10.00. The van der Waals surface area contributed by atoms with Gasteiger partial charge in [0.2, 0.25) is 0 Å². The first-order chi connectivity index (χ1) is 7.27. The number of carbonyl (C=O) groups excluding carboxylic acids is 1. The molecule has 2 unspecified atom stereocenters. The fourth-order valence-electron chi connectivity index (χ4n) is 1.78. The van der Waals surface area contributed by atoms with Crippen LogP contribution >= 0.6 is 0 Å². The molecular weight excluding hydrogens is 198 g/mol. The molecular formula is C10H19NO4. The lowest BCUT2D eigenvalue weighted by molar-refractivity contribution is 0.0847. The molecule has 1 fully saturated rings. The van der Waals surface area contributed by atoms with E-state index in [0.29, 0.717) is 12.5 Å². The van der Waals surface area contributed by atoms with Crippen molar-refractivity contribution in [3.63, 3.8) is 0 Å². The zero-order valence-corrected chi connectivity index (χ0v) is 9.07. The quantitative estimate of drug-likeness (QED) is 0.704. The van der Waals surface area contributed by atoms with Crippen LogP contribution in [0, 0.1) is 5.92 Å². The standard InChI is InChI=1S/C10H19NO4/c1-2-9-8(3-5-14-9)7-11-10(13)15-6-4-12/h8-9,12H,2-7H2,1H3,(H,11,13). The third-order valence-corrected chi connectivity index (χ3v) is 2.58. The van der Waals surface area contributed by atoms with Crippen molar-refractivity contribution in [3.8, 4) is 0 Å². The van der Waals surface area contributed by atoms with Crippen molar-refractivity contribution >= 4 is 6.09 Å². The summed E-state index contributed by atoms with van der Waals surface area (Å²) in [6.45, 7) is 3.34. The molecule has 1 amide bonds. The maximum absolute atomic E-state index is 11.1. The molecule has 88 valence electrons. The highest BCUT2D eigenvalue weighted by molar-refractivity contribution is 5.67. The minimum absolute atomic E-state index is 0.0458. The minimum atomic E-state index is -0.467. The van der Waals surface area contributed by atoms with Crippen LogP contribution < -0.4 is 5.32 Å². The number of hydrogen-bond acceptors (Lipinski definition) is 4. The van der Waals surface area contributed by atoms with Gasteiger partial charge in [-0.2, -0.15) is 0 Å². The van der Waals surface area contributed by atoms with Gasteiger partial charge in [-0.25, -0.2) is 4.79 Å². The van der Waals surface area contributed by atoms with Crippen molar-refractivity contribution in [2.75, 3.05) is 26.4 Å². The van der Waals surface area contributed by atoms with E-state index in [1.54, 1.807) is 0 Å². The Kier molecular flexibility index (Phi) is 5.42. The topological polar surface area (TPSA) is 67.8 Å². The number of aliphatic hydroxyl groups is 1. The van der Waals surface area contributed by atoms with Crippen LogP contribution in [0.5, 0.6) is 0 Å². The molecule has 0 aromatic carbocycles. The Balaban J connectivity index is 2.15. The summed E-state index contributed by atoms with van der Waals surface area (Å²) in [5.41, 5.74) is 0. The maximum Gasteiger partial charge on any atom is 0.407 e. The highest BCUT2D eigenvalue weighted by atomic mass is 16.6. The summed E-state index contributed by atoms with van der Waals surface area (Å²) in [4.78, 5) is 11.1. The van der Waals surface area contributed by atoms with E-state index in [9.17, 15) is 4.79 Å². The van der Waals surface area contributed by atoms with Gasteiger partial charge in [0.05, 0.1) is 12.7 Å². The molecule has 0 saturated carbocycles. The van der Waals surface area contributed by atoms with E-state index >= 15 is 0 Å². The Morgan fingerprint density at radius 1 is 1.67 bits per heavy atom. The molecule has 1 rings (SSSR count). The molecule has 0 radical (unpaired) electrons. The Labute approximate surface area is 89.8 Å². The van der Waals surface area contributed by atoms with Crippen molar-refractivity contribution < 1.29 is 19.4 Å². The fourth-order valence-corrected chi connectivity index (χ4v) is 1.78. The zero-order valence-electron chi connectivity index (χ0n) is 9.07. The summed E-state index contributed by atoms with van der Waals surface area (Å²) < 4.78 is 10.2. The van der Waals surface area contributed by atoms with Gasteiger partial charge in [-0.15, -0.1) is 0 Å². The molecule has 5 nitrogen and oxygen atoms in total. The molecule has 0 aromatic rings. The first kappa shape index (κ1) is 12.3. The third kappa shape index (κ3) is 4.05. The lowest BCUT2D eigenvalue weighted by Gasteiger charge is -2.16. The summed E-state index contributed by atoms with van der Waals surface area (Å²) in [5.74, 6) is 0.386. The average molecular weight is 217 g/mol. The largest absolute Gasteiger partial charge is 0.447 e. The van der Waals surface area contributed by atoms with Gasteiger partial charge in [0.25, 0.3) is 0 Å². The van der Waals surface area contributed by atoms with E-state index in [4.69, 9.17) is 9.84 Å². The molecule has 0 aromatic heterocycles. The highest BCUT2D eigenvalue weighted by Gasteiger charge is 2.26. The van der Waals surface area contributed by atoms with Crippen molar-refractivity contribution in [2.45, 2.75) is 25.9 Å². The van der Waals surface area contributed by atoms with Crippen LogP contribution in [0.25, 0.3) is 0 Å². The number of aliphatic hydroxyl groups excluding tert-OH is 1. The number of rotatable bonds is 5. The average Bonchev–Trinajstić information content (AvgIpc) is 2.70. The van der Waals surface area contributed by atoms with E-state index in [-0.39, 0.29) is 19.3 Å². The van der Waals surface area contributed by atoms with Crippen molar-refractivity contribution in [3.05, 3.63) is 0 Å². The van der Waals surface area contributed by atoms with E-state index in [2.05, 4.69) is 17.0 Å². The van der Waals surface area contributed by atoms with Gasteiger partial charge in [0, 0.05) is 19.1 Å². The van der Waals surface area contributed by atoms with Gasteiger partial charge in [-0.05, 0) is 12.8 Å². The first-order valence-electron chi connectivity index (χ1n) is 5.41. The Morgan fingerprint density at radius 2 is 2.47 bits per heavy atom. The number of hydrogen-bond donors (Lipinski definition) is 2. The molecule has 5 heteroatoms. The van der Waals surface area contributed by atoms with Crippen molar-refractivity contribution in [2.24, 2.45) is 5.92 Å². The predicted molar refractivity (Wildman–Crippen MR) is 54.6 cm³/mol. The second kappa shape index (κ2) is 6.63. The van der Waals surface area contributed by atoms with E-state index in [1.165, 1.54) is 0 Å². The molecule has 1 aliphatic rings. The summed E-state index contributed by atoms with van der Waals surface area (Å²) >= 11 is 0. The van der Waals surface area contributed by atoms with Gasteiger partial charge in [0.15, 0.2) is 0 Å². The van der Waals surface area contributed by atoms with Crippen LogP contribution in [0.3, 0.4) is 0 Å².